The van der Waals surface area contributed by atoms with Gasteiger partial charge in [-0.1, -0.05) is 13.8 Å². The normalized spacial score (nSPS) is 22.6. The van der Waals surface area contributed by atoms with Crippen molar-refractivity contribution in [3.8, 4) is 0 Å². The van der Waals surface area contributed by atoms with Crippen LogP contribution in [0.2, 0.25) is 0 Å². The number of hydrogen-bond acceptors (Lipinski definition) is 1. The van der Waals surface area contributed by atoms with Gasteiger partial charge in [0.15, 0.2) is 0 Å². The topological polar surface area (TPSA) is 9.23 Å². The lowest BCUT2D eigenvalue weighted by atomic mass is 9.72. The van der Waals surface area contributed by atoms with Crippen LogP contribution >= 0.6 is 0 Å². The molecule has 0 spiro atoms. The van der Waals surface area contributed by atoms with Crippen molar-refractivity contribution in [1.29, 1.82) is 0 Å². The van der Waals surface area contributed by atoms with Gasteiger partial charge in [-0.05, 0) is 19.8 Å². The molecule has 0 aliphatic heterocycles. The molecule has 0 amide bonds. The third-order valence-corrected chi connectivity index (χ3v) is 3.19. The van der Waals surface area contributed by atoms with Crippen LogP contribution in [0.1, 0.15) is 27.7 Å². The van der Waals surface area contributed by atoms with Crippen LogP contribution < -0.4 is 0 Å². The minimum atomic E-state index is -6.21. The van der Waals surface area contributed by atoms with Gasteiger partial charge in [-0.25, -0.2) is 8.78 Å². The summed E-state index contributed by atoms with van der Waals surface area (Å²) in [5.41, 5.74) is -10.2. The van der Waals surface area contributed by atoms with E-state index in [9.17, 15) is 39.5 Å². The molecule has 0 aromatic rings. The van der Waals surface area contributed by atoms with E-state index in [-0.39, 0.29) is 0 Å². The molecule has 3 unspecified atom stereocenters. The smallest absolute Gasteiger partial charge is 0.337 e. The van der Waals surface area contributed by atoms with E-state index in [0.29, 0.717) is 13.8 Å². The molecule has 0 heterocycles. The monoisotopic (exact) mass is 334 g/mol. The maximum Gasteiger partial charge on any atom is 0.452 e. The average molecular weight is 334 g/mol. The van der Waals surface area contributed by atoms with Gasteiger partial charge >= 0.3 is 18.2 Å². The molecule has 0 fully saturated rings. The van der Waals surface area contributed by atoms with Gasteiger partial charge in [0.05, 0.1) is 0 Å². The Morgan fingerprint density at radius 2 is 1.19 bits per heavy atom. The first kappa shape index (κ1) is 20.3. The number of ether oxygens (including phenoxy) is 1. The predicted octanol–water partition coefficient (Wildman–Crippen LogP) is 4.91. The van der Waals surface area contributed by atoms with E-state index in [4.69, 9.17) is 0 Å². The molecule has 3 atom stereocenters. The number of rotatable bonds is 5. The van der Waals surface area contributed by atoms with Crippen molar-refractivity contribution in [2.24, 2.45) is 5.92 Å². The van der Waals surface area contributed by atoms with E-state index >= 15 is 0 Å². The molecule has 0 saturated carbocycles. The Labute approximate surface area is 115 Å². The summed E-state index contributed by atoms with van der Waals surface area (Å²) in [4.78, 5) is 0. The second kappa shape index (κ2) is 5.51. The van der Waals surface area contributed by atoms with Gasteiger partial charge in [-0.15, -0.1) is 0 Å². The molecule has 0 saturated heterocycles. The Bertz CT molecular complexity index is 360. The van der Waals surface area contributed by atoms with Crippen molar-refractivity contribution < 1.29 is 44.3 Å². The van der Waals surface area contributed by atoms with Crippen LogP contribution in [0.15, 0.2) is 0 Å². The number of alkyl halides is 9. The molecule has 0 radical (unpaired) electrons. The summed E-state index contributed by atoms with van der Waals surface area (Å²) in [6.45, 7) is 0.226. The molecule has 0 bridgehead atoms. The zero-order valence-electron chi connectivity index (χ0n) is 11.6. The van der Waals surface area contributed by atoms with Gasteiger partial charge in [0, 0.05) is 6.61 Å². The lowest BCUT2D eigenvalue weighted by Crippen LogP contribution is -2.73. The van der Waals surface area contributed by atoms with E-state index in [1.165, 1.54) is 0 Å². The molecule has 0 N–H and O–H groups in total. The molecular formula is C11H15F9O. The zero-order chi connectivity index (χ0) is 17.5. The summed E-state index contributed by atoms with van der Waals surface area (Å²) >= 11 is 0. The minimum Gasteiger partial charge on any atom is -0.337 e. The quantitative estimate of drug-likeness (QED) is 0.650. The van der Waals surface area contributed by atoms with Crippen LogP contribution in [0.5, 0.6) is 0 Å². The SMILES string of the molecule is CCOC(F)(C(F)(F)F)C(F)(C(C)C)C(C)(F)C(F)(F)F. The van der Waals surface area contributed by atoms with Crippen LogP contribution in [0.25, 0.3) is 0 Å². The fourth-order valence-corrected chi connectivity index (χ4v) is 2.01. The van der Waals surface area contributed by atoms with Crippen molar-refractivity contribution in [2.45, 2.75) is 57.2 Å². The lowest BCUT2D eigenvalue weighted by Gasteiger charge is -2.48. The van der Waals surface area contributed by atoms with E-state index in [1.807, 2.05) is 0 Å². The van der Waals surface area contributed by atoms with Crippen molar-refractivity contribution >= 4 is 0 Å². The number of halogens is 9. The fourth-order valence-electron chi connectivity index (χ4n) is 2.01. The van der Waals surface area contributed by atoms with Crippen molar-refractivity contribution in [2.75, 3.05) is 6.61 Å². The van der Waals surface area contributed by atoms with E-state index < -0.39 is 49.0 Å². The second-order valence-corrected chi connectivity index (χ2v) is 4.89. The summed E-state index contributed by atoms with van der Waals surface area (Å²) in [7, 11) is 0. The van der Waals surface area contributed by atoms with Crippen molar-refractivity contribution in [1.82, 2.24) is 0 Å². The zero-order valence-corrected chi connectivity index (χ0v) is 11.6. The van der Waals surface area contributed by atoms with Gasteiger partial charge in [-0.3, -0.25) is 0 Å². The standard InChI is InChI=1S/C11H15F9O/c1-5-21-9(14,11(18,19)20)8(13,6(2)3)7(4,12)10(15,16)17/h6H,5H2,1-4H3. The Hall–Kier alpha value is -0.670. The Morgan fingerprint density at radius 3 is 1.38 bits per heavy atom. The first-order chi connectivity index (χ1) is 9.00. The van der Waals surface area contributed by atoms with Gasteiger partial charge in [0.1, 0.15) is 0 Å². The lowest BCUT2D eigenvalue weighted by molar-refractivity contribution is -0.418. The van der Waals surface area contributed by atoms with E-state index in [0.717, 1.165) is 6.92 Å². The molecule has 1 nitrogen and oxygen atoms in total. The summed E-state index contributed by atoms with van der Waals surface area (Å²) in [6.07, 6.45) is -12.3. The highest BCUT2D eigenvalue weighted by atomic mass is 19.4. The van der Waals surface area contributed by atoms with Crippen LogP contribution in [0, 0.1) is 5.92 Å². The van der Waals surface area contributed by atoms with Crippen LogP contribution in [0.3, 0.4) is 0 Å². The largest absolute Gasteiger partial charge is 0.452 e. The number of hydrogen-bond donors (Lipinski definition) is 0. The summed E-state index contributed by atoms with van der Waals surface area (Å²) < 4.78 is 123. The third-order valence-electron chi connectivity index (χ3n) is 3.19. The van der Waals surface area contributed by atoms with Crippen LogP contribution in [-0.4, -0.2) is 36.2 Å². The Morgan fingerprint density at radius 1 is 0.810 bits per heavy atom. The highest BCUT2D eigenvalue weighted by Gasteiger charge is 2.83. The molecule has 0 aromatic heterocycles. The Balaban J connectivity index is 6.45. The molecule has 128 valence electrons. The van der Waals surface area contributed by atoms with Crippen molar-refractivity contribution in [3.05, 3.63) is 0 Å². The average Bonchev–Trinajstić information content (AvgIpc) is 2.24. The molecule has 0 aromatic carbocycles. The highest BCUT2D eigenvalue weighted by molar-refractivity contribution is 5.14. The van der Waals surface area contributed by atoms with Crippen molar-refractivity contribution in [3.63, 3.8) is 0 Å². The van der Waals surface area contributed by atoms with Gasteiger partial charge in [0.2, 0.25) is 11.3 Å². The van der Waals surface area contributed by atoms with Crippen LogP contribution in [0.4, 0.5) is 39.5 Å². The molecule has 10 heteroatoms. The van der Waals surface area contributed by atoms with E-state index in [1.54, 1.807) is 0 Å². The highest BCUT2D eigenvalue weighted by Crippen LogP contribution is 2.58. The van der Waals surface area contributed by atoms with Gasteiger partial charge in [-0.2, -0.15) is 30.7 Å². The molecule has 0 aliphatic carbocycles. The van der Waals surface area contributed by atoms with Gasteiger partial charge in [0.25, 0.3) is 0 Å². The van der Waals surface area contributed by atoms with E-state index in [2.05, 4.69) is 4.74 Å². The molecule has 21 heavy (non-hydrogen) atoms. The summed E-state index contributed by atoms with van der Waals surface area (Å²) in [5, 5.41) is 0. The first-order valence-electron chi connectivity index (χ1n) is 5.84. The maximum absolute atomic E-state index is 14.6. The molecular weight excluding hydrogens is 319 g/mol. The fraction of sp³-hybridized carbons (Fsp3) is 1.00. The second-order valence-electron chi connectivity index (χ2n) is 4.89. The van der Waals surface area contributed by atoms with Gasteiger partial charge < -0.3 is 4.74 Å². The predicted molar refractivity (Wildman–Crippen MR) is 55.8 cm³/mol. The summed E-state index contributed by atoms with van der Waals surface area (Å²) in [6, 6.07) is 0. The summed E-state index contributed by atoms with van der Waals surface area (Å²) in [5.74, 6) is -7.78. The first-order valence-corrected chi connectivity index (χ1v) is 5.84. The third kappa shape index (κ3) is 2.83. The Kier molecular flexibility index (Phi) is 5.33. The molecule has 0 aliphatic rings. The van der Waals surface area contributed by atoms with Crippen LogP contribution in [-0.2, 0) is 4.74 Å². The maximum atomic E-state index is 14.6. The minimum absolute atomic E-state index is 0.480. The molecule has 0 rings (SSSR count).